The summed E-state index contributed by atoms with van der Waals surface area (Å²) in [6, 6.07) is 0. The van der Waals surface area contributed by atoms with E-state index >= 15 is 0 Å². The van der Waals surface area contributed by atoms with Gasteiger partial charge in [-0.05, 0) is 102 Å². The molecule has 5 nitrogen and oxygen atoms in total. The van der Waals surface area contributed by atoms with Crippen molar-refractivity contribution in [2.45, 2.75) is 112 Å². The van der Waals surface area contributed by atoms with E-state index in [0.717, 1.165) is 19.4 Å². The van der Waals surface area contributed by atoms with Gasteiger partial charge in [-0.1, -0.05) is 48.5 Å². The number of nitro groups is 1. The Balaban J connectivity index is 1.42. The van der Waals surface area contributed by atoms with Crippen molar-refractivity contribution in [3.8, 4) is 0 Å². The Kier molecular flexibility index (Phi) is 4.75. The fourth-order valence-corrected chi connectivity index (χ4v) is 11.9. The van der Waals surface area contributed by atoms with Gasteiger partial charge in [-0.25, -0.2) is 0 Å². The Morgan fingerprint density at radius 3 is 2.26 bits per heavy atom. The van der Waals surface area contributed by atoms with Crippen LogP contribution in [0.2, 0.25) is 0 Å². The summed E-state index contributed by atoms with van der Waals surface area (Å²) in [6.07, 6.45) is 10.5. The first-order chi connectivity index (χ1) is 16.1. The smallest absolute Gasteiger partial charge is 0.284 e. The highest BCUT2D eigenvalue weighted by Crippen LogP contribution is 2.78. The summed E-state index contributed by atoms with van der Waals surface area (Å²) in [7, 11) is 0. The maximum absolute atomic E-state index is 12.1. The van der Waals surface area contributed by atoms with Gasteiger partial charge in [0.2, 0.25) is 0 Å². The molecule has 0 amide bonds. The lowest BCUT2D eigenvalue weighted by atomic mass is 9.32. The maximum atomic E-state index is 12.1. The van der Waals surface area contributed by atoms with Crippen LogP contribution >= 0.6 is 0 Å². The first-order valence-electron chi connectivity index (χ1n) is 14.3. The van der Waals surface area contributed by atoms with Gasteiger partial charge in [-0.15, -0.1) is 0 Å². The normalized spacial score (nSPS) is 53.7. The van der Waals surface area contributed by atoms with Gasteiger partial charge >= 0.3 is 0 Å². The maximum Gasteiger partial charge on any atom is 0.284 e. The zero-order valence-electron chi connectivity index (χ0n) is 23.1. The van der Waals surface area contributed by atoms with Gasteiger partial charge in [0.1, 0.15) is 0 Å². The van der Waals surface area contributed by atoms with Gasteiger partial charge in [0.25, 0.3) is 5.70 Å². The van der Waals surface area contributed by atoms with Gasteiger partial charge in [0.15, 0.2) is 5.76 Å². The van der Waals surface area contributed by atoms with Gasteiger partial charge < -0.3 is 9.84 Å². The minimum atomic E-state index is -0.550. The van der Waals surface area contributed by atoms with Crippen molar-refractivity contribution in [2.75, 3.05) is 6.61 Å². The average molecular weight is 486 g/mol. The van der Waals surface area contributed by atoms with E-state index in [2.05, 4.69) is 34.6 Å². The molecule has 5 aliphatic carbocycles. The van der Waals surface area contributed by atoms with Crippen LogP contribution in [-0.4, -0.2) is 22.7 Å². The molecule has 2 bridgehead atoms. The number of allylic oxidation sites excluding steroid dienone is 2. The Labute approximate surface area is 211 Å². The molecule has 1 aliphatic heterocycles. The molecule has 5 fully saturated rings. The largest absolute Gasteiger partial charge is 0.506 e. The third-order valence-electron chi connectivity index (χ3n) is 13.9. The Bertz CT molecular complexity index is 1000. The third-order valence-corrected chi connectivity index (χ3v) is 13.9. The van der Waals surface area contributed by atoms with E-state index in [-0.39, 0.29) is 44.0 Å². The van der Waals surface area contributed by atoms with Crippen LogP contribution < -0.4 is 0 Å². The summed E-state index contributed by atoms with van der Waals surface area (Å²) in [6.45, 7) is 17.4. The van der Waals surface area contributed by atoms with E-state index < -0.39 is 5.41 Å². The molecule has 0 aromatic rings. The van der Waals surface area contributed by atoms with Crippen LogP contribution in [0, 0.1) is 66.3 Å². The van der Waals surface area contributed by atoms with Crippen LogP contribution in [0.1, 0.15) is 106 Å². The number of rotatable bonds is 1. The summed E-state index contributed by atoms with van der Waals surface area (Å²) in [5, 5.41) is 23.1. The summed E-state index contributed by atoms with van der Waals surface area (Å²) < 4.78 is 6.67. The van der Waals surface area contributed by atoms with Crippen molar-refractivity contribution >= 4 is 0 Å². The van der Waals surface area contributed by atoms with E-state index in [1.54, 1.807) is 0 Å². The van der Waals surface area contributed by atoms with E-state index in [9.17, 15) is 15.2 Å². The highest BCUT2D eigenvalue weighted by Gasteiger charge is 2.73. The van der Waals surface area contributed by atoms with Gasteiger partial charge in [0, 0.05) is 11.8 Å². The molecule has 1 N–H and O–H groups in total. The predicted molar refractivity (Wildman–Crippen MR) is 136 cm³/mol. The molecule has 0 aromatic heterocycles. The molecular formula is C30H47NO4. The van der Waals surface area contributed by atoms with Crippen LogP contribution in [-0.2, 0) is 4.74 Å². The minimum Gasteiger partial charge on any atom is -0.506 e. The molecule has 196 valence electrons. The van der Waals surface area contributed by atoms with Gasteiger partial charge in [-0.2, -0.15) is 0 Å². The lowest BCUT2D eigenvalue weighted by Gasteiger charge is -2.72. The second-order valence-corrected chi connectivity index (χ2v) is 15.7. The quantitative estimate of drug-likeness (QED) is 0.308. The van der Waals surface area contributed by atoms with Crippen LogP contribution in [0.4, 0.5) is 0 Å². The second kappa shape index (κ2) is 6.85. The van der Waals surface area contributed by atoms with Crippen LogP contribution in [0.3, 0.4) is 0 Å². The first-order valence-corrected chi connectivity index (χ1v) is 14.3. The summed E-state index contributed by atoms with van der Waals surface area (Å²) >= 11 is 0. The van der Waals surface area contributed by atoms with Gasteiger partial charge in [-0.3, -0.25) is 10.1 Å². The predicted octanol–water partition coefficient (Wildman–Crippen LogP) is 7.53. The highest BCUT2D eigenvalue weighted by molar-refractivity contribution is 5.26. The zero-order valence-corrected chi connectivity index (χ0v) is 23.1. The van der Waals surface area contributed by atoms with Crippen LogP contribution in [0.25, 0.3) is 0 Å². The second-order valence-electron chi connectivity index (χ2n) is 15.7. The number of aliphatic hydroxyl groups excluding tert-OH is 1. The molecule has 5 heteroatoms. The van der Waals surface area contributed by atoms with Crippen molar-refractivity contribution < 1.29 is 14.8 Å². The Morgan fingerprint density at radius 1 is 0.886 bits per heavy atom. The van der Waals surface area contributed by atoms with Crippen molar-refractivity contribution in [3.05, 3.63) is 21.6 Å². The monoisotopic (exact) mass is 485 g/mol. The van der Waals surface area contributed by atoms with Gasteiger partial charge in [0.05, 0.1) is 17.6 Å². The molecule has 35 heavy (non-hydrogen) atoms. The first kappa shape index (κ1) is 24.2. The number of aliphatic hydroxyl groups is 1. The standard InChI is InChI=1S/C30H47NO4/c1-25(2)12-14-30-15-13-28(6)18(22(30)24(25)35-17-30)8-9-21-27(5)16-19(31(33)34)23(32)26(3,4)20(27)10-11-29(21,28)7/h18,20-22,24,32H,8-17H2,1-7H3/t18-,20+,21-,22+,24-,27+,28-,29-,30-/m1/s1. The average Bonchev–Trinajstić information content (AvgIpc) is 3.10. The lowest BCUT2D eigenvalue weighted by molar-refractivity contribution is -0.439. The molecule has 0 unspecified atom stereocenters. The molecule has 6 aliphatic rings. The third kappa shape index (κ3) is 2.70. The molecule has 6 rings (SSSR count). The molecule has 1 saturated heterocycles. The van der Waals surface area contributed by atoms with E-state index in [1.807, 2.05) is 13.8 Å². The summed E-state index contributed by atoms with van der Waals surface area (Å²) in [5.41, 5.74) is 0.401. The summed E-state index contributed by atoms with van der Waals surface area (Å²) in [5.74, 6) is 2.10. The van der Waals surface area contributed by atoms with E-state index in [4.69, 9.17) is 4.74 Å². The van der Waals surface area contributed by atoms with E-state index in [0.29, 0.717) is 35.7 Å². The fraction of sp³-hybridized carbons (Fsp3) is 0.933. The highest BCUT2D eigenvalue weighted by atomic mass is 16.6. The molecule has 1 heterocycles. The fourth-order valence-electron chi connectivity index (χ4n) is 11.9. The van der Waals surface area contributed by atoms with Crippen molar-refractivity contribution in [3.63, 3.8) is 0 Å². The van der Waals surface area contributed by atoms with Crippen LogP contribution in [0.15, 0.2) is 11.5 Å². The topological polar surface area (TPSA) is 72.6 Å². The number of nitrogens with zero attached hydrogens (tertiary/aromatic N) is 1. The minimum absolute atomic E-state index is 0.0336. The number of ether oxygens (including phenoxy) is 1. The number of hydrogen-bond donors (Lipinski definition) is 1. The SMILES string of the molecule is CC1(C)CC[C@]23CC[C@]4(C)[C@H](CC[C@@H]5[C@@]6(C)CC([N+](=O)[O-])=C(O)C(C)(C)[C@@H]6CC[C@]54C)[C@H]2[C@H]1OC3. The zero-order chi connectivity index (χ0) is 25.4. The number of fused-ring (bicyclic) bond motifs is 5. The van der Waals surface area contributed by atoms with Crippen molar-refractivity contribution in [1.29, 1.82) is 0 Å². The van der Waals surface area contributed by atoms with E-state index in [1.165, 1.54) is 38.5 Å². The lowest BCUT2D eigenvalue weighted by Crippen LogP contribution is -2.67. The van der Waals surface area contributed by atoms with Crippen LogP contribution in [0.5, 0.6) is 0 Å². The van der Waals surface area contributed by atoms with Crippen molar-refractivity contribution in [2.24, 2.45) is 56.2 Å². The summed E-state index contributed by atoms with van der Waals surface area (Å²) in [4.78, 5) is 11.8. The van der Waals surface area contributed by atoms with Crippen molar-refractivity contribution in [1.82, 2.24) is 0 Å². The molecular weight excluding hydrogens is 438 g/mol. The molecule has 4 saturated carbocycles. The molecule has 0 spiro atoms. The molecule has 0 aromatic carbocycles. The Morgan fingerprint density at radius 2 is 1.57 bits per heavy atom. The number of hydrogen-bond acceptors (Lipinski definition) is 4. The molecule has 0 radical (unpaired) electrons. The Hall–Kier alpha value is -1.10. The molecule has 9 atom stereocenters.